The van der Waals surface area contributed by atoms with E-state index in [0.29, 0.717) is 11.1 Å². The highest BCUT2D eigenvalue weighted by Crippen LogP contribution is 2.19. The van der Waals surface area contributed by atoms with Gasteiger partial charge in [-0.15, -0.1) is 0 Å². The molecule has 0 saturated carbocycles. The molecule has 3 heteroatoms. The quantitative estimate of drug-likeness (QED) is 0.854. The second-order valence-electron chi connectivity index (χ2n) is 4.78. The predicted molar refractivity (Wildman–Crippen MR) is 71.4 cm³/mol. The van der Waals surface area contributed by atoms with Gasteiger partial charge in [0.15, 0.2) is 5.78 Å². The van der Waals surface area contributed by atoms with Crippen LogP contribution in [0, 0.1) is 5.82 Å². The summed E-state index contributed by atoms with van der Waals surface area (Å²) < 4.78 is 13.5. The van der Waals surface area contributed by atoms with Gasteiger partial charge in [0.2, 0.25) is 0 Å². The summed E-state index contributed by atoms with van der Waals surface area (Å²) in [4.78, 5) is 12.2. The largest absolute Gasteiger partial charge is 0.309 e. The molecular formula is C16H14FNO. The SMILES string of the molecule is O=C(Cc1ccccc1F)c1ccc2c(c1)CNC2. The minimum absolute atomic E-state index is 0.0419. The number of rotatable bonds is 3. The number of halogens is 1. The number of carbonyl (C=O) groups excluding carboxylic acids is 1. The van der Waals surface area contributed by atoms with E-state index < -0.39 is 0 Å². The van der Waals surface area contributed by atoms with E-state index in [1.165, 1.54) is 17.2 Å². The van der Waals surface area contributed by atoms with Crippen LogP contribution in [0.4, 0.5) is 4.39 Å². The molecule has 1 aliphatic heterocycles. The van der Waals surface area contributed by atoms with Crippen LogP contribution in [0.25, 0.3) is 0 Å². The molecule has 2 aromatic rings. The van der Waals surface area contributed by atoms with Crippen molar-refractivity contribution in [2.45, 2.75) is 19.5 Å². The van der Waals surface area contributed by atoms with Gasteiger partial charge in [-0.1, -0.05) is 30.3 Å². The maximum absolute atomic E-state index is 13.5. The summed E-state index contributed by atoms with van der Waals surface area (Å²) in [7, 11) is 0. The fourth-order valence-electron chi connectivity index (χ4n) is 2.39. The molecule has 0 atom stereocenters. The number of fused-ring (bicyclic) bond motifs is 1. The summed E-state index contributed by atoms with van der Waals surface area (Å²) >= 11 is 0. The Labute approximate surface area is 111 Å². The maximum Gasteiger partial charge on any atom is 0.167 e. The van der Waals surface area contributed by atoms with E-state index in [0.717, 1.165) is 13.1 Å². The van der Waals surface area contributed by atoms with Crippen molar-refractivity contribution in [3.8, 4) is 0 Å². The third-order valence-electron chi connectivity index (χ3n) is 3.47. The van der Waals surface area contributed by atoms with Gasteiger partial charge in [0.1, 0.15) is 5.82 Å². The van der Waals surface area contributed by atoms with Crippen molar-refractivity contribution in [1.29, 1.82) is 0 Å². The zero-order valence-electron chi connectivity index (χ0n) is 10.4. The van der Waals surface area contributed by atoms with E-state index in [9.17, 15) is 9.18 Å². The monoisotopic (exact) mass is 255 g/mol. The number of carbonyl (C=O) groups is 1. The minimum Gasteiger partial charge on any atom is -0.309 e. The number of benzene rings is 2. The van der Waals surface area contributed by atoms with E-state index in [4.69, 9.17) is 0 Å². The van der Waals surface area contributed by atoms with Crippen molar-refractivity contribution >= 4 is 5.78 Å². The smallest absolute Gasteiger partial charge is 0.167 e. The van der Waals surface area contributed by atoms with E-state index >= 15 is 0 Å². The van der Waals surface area contributed by atoms with Gasteiger partial charge in [-0.05, 0) is 28.8 Å². The fraction of sp³-hybridized carbons (Fsp3) is 0.188. The molecule has 0 fully saturated rings. The van der Waals surface area contributed by atoms with Gasteiger partial charge in [0, 0.05) is 25.1 Å². The summed E-state index contributed by atoms with van der Waals surface area (Å²) in [5.74, 6) is -0.363. The highest BCUT2D eigenvalue weighted by atomic mass is 19.1. The lowest BCUT2D eigenvalue weighted by Crippen LogP contribution is -2.06. The van der Waals surface area contributed by atoms with Crippen LogP contribution < -0.4 is 5.32 Å². The van der Waals surface area contributed by atoms with Crippen LogP contribution >= 0.6 is 0 Å². The summed E-state index contributed by atoms with van der Waals surface area (Å²) in [6.07, 6.45) is 0.110. The van der Waals surface area contributed by atoms with E-state index in [1.807, 2.05) is 18.2 Å². The summed E-state index contributed by atoms with van der Waals surface area (Å²) in [5.41, 5.74) is 3.51. The van der Waals surface area contributed by atoms with E-state index in [2.05, 4.69) is 5.32 Å². The molecule has 0 spiro atoms. The molecule has 3 rings (SSSR count). The number of ketones is 1. The van der Waals surface area contributed by atoms with Gasteiger partial charge in [0.25, 0.3) is 0 Å². The Morgan fingerprint density at radius 3 is 2.74 bits per heavy atom. The fourth-order valence-corrected chi connectivity index (χ4v) is 2.39. The molecule has 0 aromatic heterocycles. The summed E-state index contributed by atoms with van der Waals surface area (Å²) in [5, 5.41) is 3.24. The number of hydrogen-bond donors (Lipinski definition) is 1. The molecule has 1 N–H and O–H groups in total. The molecule has 1 heterocycles. The molecule has 1 aliphatic rings. The van der Waals surface area contributed by atoms with Gasteiger partial charge in [-0.3, -0.25) is 4.79 Å². The topological polar surface area (TPSA) is 29.1 Å². The molecule has 0 saturated heterocycles. The average Bonchev–Trinajstić information content (AvgIpc) is 2.88. The van der Waals surface area contributed by atoms with E-state index in [-0.39, 0.29) is 18.0 Å². The Balaban J connectivity index is 1.83. The molecule has 0 unspecified atom stereocenters. The number of nitrogens with one attached hydrogen (secondary N) is 1. The van der Waals surface area contributed by atoms with Crippen LogP contribution in [0.2, 0.25) is 0 Å². The molecule has 19 heavy (non-hydrogen) atoms. The third-order valence-corrected chi connectivity index (χ3v) is 3.47. The third kappa shape index (κ3) is 2.42. The second kappa shape index (κ2) is 4.94. The van der Waals surface area contributed by atoms with Crippen LogP contribution in [-0.4, -0.2) is 5.78 Å². The van der Waals surface area contributed by atoms with Gasteiger partial charge >= 0.3 is 0 Å². The first-order valence-corrected chi connectivity index (χ1v) is 6.33. The first-order valence-electron chi connectivity index (χ1n) is 6.33. The molecule has 0 radical (unpaired) electrons. The van der Waals surface area contributed by atoms with Gasteiger partial charge in [-0.2, -0.15) is 0 Å². The molecule has 96 valence electrons. The van der Waals surface area contributed by atoms with Crippen LogP contribution in [0.3, 0.4) is 0 Å². The van der Waals surface area contributed by atoms with Crippen molar-refractivity contribution in [2.75, 3.05) is 0 Å². The minimum atomic E-state index is -0.321. The first-order chi connectivity index (χ1) is 9.24. The molecular weight excluding hydrogens is 241 g/mol. The lowest BCUT2D eigenvalue weighted by molar-refractivity contribution is 0.0991. The Morgan fingerprint density at radius 1 is 1.11 bits per heavy atom. The number of hydrogen-bond acceptors (Lipinski definition) is 2. The molecule has 2 aromatic carbocycles. The lowest BCUT2D eigenvalue weighted by atomic mass is 9.99. The van der Waals surface area contributed by atoms with Crippen LogP contribution in [-0.2, 0) is 19.5 Å². The Hall–Kier alpha value is -2.00. The average molecular weight is 255 g/mol. The normalized spacial score (nSPS) is 13.3. The Morgan fingerprint density at radius 2 is 1.89 bits per heavy atom. The summed E-state index contributed by atoms with van der Waals surface area (Å²) in [6.45, 7) is 1.66. The second-order valence-corrected chi connectivity index (χ2v) is 4.78. The zero-order chi connectivity index (χ0) is 13.2. The van der Waals surface area contributed by atoms with E-state index in [1.54, 1.807) is 18.2 Å². The molecule has 0 aliphatic carbocycles. The van der Waals surface area contributed by atoms with Crippen LogP contribution in [0.5, 0.6) is 0 Å². The maximum atomic E-state index is 13.5. The van der Waals surface area contributed by atoms with Gasteiger partial charge in [0.05, 0.1) is 0 Å². The van der Waals surface area contributed by atoms with Crippen molar-refractivity contribution in [2.24, 2.45) is 0 Å². The van der Waals surface area contributed by atoms with Crippen LogP contribution in [0.15, 0.2) is 42.5 Å². The molecule has 0 bridgehead atoms. The first kappa shape index (κ1) is 12.1. The highest BCUT2D eigenvalue weighted by molar-refractivity contribution is 5.97. The molecule has 2 nitrogen and oxygen atoms in total. The van der Waals surface area contributed by atoms with Gasteiger partial charge < -0.3 is 5.32 Å². The van der Waals surface area contributed by atoms with Crippen molar-refractivity contribution in [1.82, 2.24) is 5.32 Å². The van der Waals surface area contributed by atoms with Crippen molar-refractivity contribution < 1.29 is 9.18 Å². The predicted octanol–water partition coefficient (Wildman–Crippen LogP) is 2.85. The lowest BCUT2D eigenvalue weighted by Gasteiger charge is -2.05. The van der Waals surface area contributed by atoms with Crippen molar-refractivity contribution in [3.05, 3.63) is 70.5 Å². The molecule has 0 amide bonds. The highest BCUT2D eigenvalue weighted by Gasteiger charge is 2.14. The Kier molecular flexibility index (Phi) is 3.13. The Bertz CT molecular complexity index is 636. The van der Waals surface area contributed by atoms with Gasteiger partial charge in [-0.25, -0.2) is 4.39 Å². The van der Waals surface area contributed by atoms with Crippen LogP contribution in [0.1, 0.15) is 27.0 Å². The standard InChI is InChI=1S/C16H14FNO/c17-15-4-2-1-3-11(15)8-16(19)12-5-6-13-9-18-10-14(13)7-12/h1-7,18H,8-10H2. The van der Waals surface area contributed by atoms with Crippen molar-refractivity contribution in [3.63, 3.8) is 0 Å². The summed E-state index contributed by atoms with van der Waals surface area (Å²) in [6, 6.07) is 12.1. The zero-order valence-corrected chi connectivity index (χ0v) is 10.4. The number of Topliss-reactive ketones (excluding diaryl/α,β-unsaturated/α-hetero) is 1.